The summed E-state index contributed by atoms with van der Waals surface area (Å²) in [6.07, 6.45) is 8.59. The zero-order valence-electron chi connectivity index (χ0n) is 14.5. The van der Waals surface area contributed by atoms with E-state index >= 15 is 0 Å². The number of carbonyl (C=O) groups excluding carboxylic acids is 1. The Kier molecular flexibility index (Phi) is 5.68. The predicted octanol–water partition coefficient (Wildman–Crippen LogP) is 4.92. The molecule has 0 saturated heterocycles. The summed E-state index contributed by atoms with van der Waals surface area (Å²) in [6.45, 7) is 2.20. The highest BCUT2D eigenvalue weighted by molar-refractivity contribution is 5.89. The van der Waals surface area contributed by atoms with Crippen molar-refractivity contribution in [2.24, 2.45) is 0 Å². The second-order valence-electron chi connectivity index (χ2n) is 6.04. The maximum atomic E-state index is 11.5. The van der Waals surface area contributed by atoms with Crippen molar-refractivity contribution in [3.8, 4) is 0 Å². The monoisotopic (exact) mass is 333 g/mol. The number of aromatic amines is 1. The number of nitrogens with one attached hydrogen (secondary N) is 1. The van der Waals surface area contributed by atoms with Crippen LogP contribution in [0.2, 0.25) is 0 Å². The van der Waals surface area contributed by atoms with E-state index in [1.807, 2.05) is 6.07 Å². The SMILES string of the molecule is CCOC(=O)C=Cc1ccc2[nH]cc(CCCc3ccccc3)c2c1. The molecule has 0 saturated carbocycles. The number of fused-ring (bicyclic) bond motifs is 1. The number of ether oxygens (including phenoxy) is 1. The molecule has 0 aliphatic rings. The second kappa shape index (κ2) is 8.34. The standard InChI is InChI=1S/C22H23NO2/c1-2-25-22(24)14-12-18-11-13-21-20(15-18)19(16-23-21)10-6-9-17-7-4-3-5-8-17/h3-5,7-8,11-16,23H,2,6,9-10H2,1H3. The lowest BCUT2D eigenvalue weighted by Crippen LogP contribution is -1.98. The molecule has 0 aliphatic heterocycles. The van der Waals surface area contributed by atoms with Crippen LogP contribution in [0.5, 0.6) is 0 Å². The van der Waals surface area contributed by atoms with Gasteiger partial charge >= 0.3 is 5.97 Å². The van der Waals surface area contributed by atoms with Gasteiger partial charge in [0.1, 0.15) is 0 Å². The molecule has 2 aromatic carbocycles. The third kappa shape index (κ3) is 4.60. The Morgan fingerprint density at radius 1 is 1.12 bits per heavy atom. The van der Waals surface area contributed by atoms with Gasteiger partial charge in [0.25, 0.3) is 0 Å². The number of carbonyl (C=O) groups is 1. The number of aryl methyl sites for hydroxylation is 2. The van der Waals surface area contributed by atoms with Gasteiger partial charge in [-0.15, -0.1) is 0 Å². The summed E-state index contributed by atoms with van der Waals surface area (Å²) in [7, 11) is 0. The smallest absolute Gasteiger partial charge is 0.330 e. The Morgan fingerprint density at radius 3 is 2.76 bits per heavy atom. The highest BCUT2D eigenvalue weighted by Crippen LogP contribution is 2.22. The summed E-state index contributed by atoms with van der Waals surface area (Å²) in [6, 6.07) is 16.8. The van der Waals surface area contributed by atoms with E-state index < -0.39 is 0 Å². The van der Waals surface area contributed by atoms with Crippen molar-refractivity contribution in [2.75, 3.05) is 6.61 Å². The van der Waals surface area contributed by atoms with Gasteiger partial charge < -0.3 is 9.72 Å². The fourth-order valence-corrected chi connectivity index (χ4v) is 2.99. The summed E-state index contributed by atoms with van der Waals surface area (Å²) in [5.74, 6) is -0.306. The van der Waals surface area contributed by atoms with Gasteiger partial charge in [-0.1, -0.05) is 36.4 Å². The first-order chi connectivity index (χ1) is 12.3. The lowest BCUT2D eigenvalue weighted by molar-refractivity contribution is -0.137. The minimum absolute atomic E-state index is 0.306. The Labute approximate surface area is 148 Å². The van der Waals surface area contributed by atoms with Gasteiger partial charge in [-0.2, -0.15) is 0 Å². The van der Waals surface area contributed by atoms with E-state index in [2.05, 4.69) is 53.6 Å². The predicted molar refractivity (Wildman–Crippen MR) is 102 cm³/mol. The molecule has 1 aromatic heterocycles. The topological polar surface area (TPSA) is 42.1 Å². The van der Waals surface area contributed by atoms with Gasteiger partial charge in [0.2, 0.25) is 0 Å². The average molecular weight is 333 g/mol. The summed E-state index contributed by atoms with van der Waals surface area (Å²) >= 11 is 0. The zero-order chi connectivity index (χ0) is 17.5. The molecule has 0 spiro atoms. The van der Waals surface area contributed by atoms with Crippen molar-refractivity contribution < 1.29 is 9.53 Å². The zero-order valence-corrected chi connectivity index (χ0v) is 14.5. The highest BCUT2D eigenvalue weighted by Gasteiger charge is 2.05. The van der Waals surface area contributed by atoms with Crippen molar-refractivity contribution in [2.45, 2.75) is 26.2 Å². The lowest BCUT2D eigenvalue weighted by Gasteiger charge is -2.02. The molecular formula is C22H23NO2. The van der Waals surface area contributed by atoms with Crippen LogP contribution in [0.25, 0.3) is 17.0 Å². The molecule has 1 N–H and O–H groups in total. The van der Waals surface area contributed by atoms with E-state index in [0.29, 0.717) is 6.61 Å². The maximum Gasteiger partial charge on any atom is 0.330 e. The molecule has 0 atom stereocenters. The van der Waals surface area contributed by atoms with E-state index in [4.69, 9.17) is 4.74 Å². The molecule has 3 rings (SSSR count). The summed E-state index contributed by atoms with van der Waals surface area (Å²) in [4.78, 5) is 14.8. The molecule has 3 heteroatoms. The van der Waals surface area contributed by atoms with Crippen LogP contribution in [0.1, 0.15) is 30.0 Å². The fraction of sp³-hybridized carbons (Fsp3) is 0.227. The number of esters is 1. The van der Waals surface area contributed by atoms with Crippen LogP contribution < -0.4 is 0 Å². The number of rotatable bonds is 7. The second-order valence-corrected chi connectivity index (χ2v) is 6.04. The number of hydrogen-bond acceptors (Lipinski definition) is 2. The Morgan fingerprint density at radius 2 is 1.96 bits per heavy atom. The molecule has 1 heterocycles. The van der Waals surface area contributed by atoms with E-state index in [0.717, 1.165) is 30.3 Å². The Hall–Kier alpha value is -2.81. The maximum absolute atomic E-state index is 11.5. The lowest BCUT2D eigenvalue weighted by atomic mass is 10.0. The van der Waals surface area contributed by atoms with E-state index in [1.165, 1.54) is 22.6 Å². The Balaban J connectivity index is 1.69. The fourth-order valence-electron chi connectivity index (χ4n) is 2.99. The van der Waals surface area contributed by atoms with Gasteiger partial charge in [0.05, 0.1) is 6.61 Å². The van der Waals surface area contributed by atoms with Crippen molar-refractivity contribution >= 4 is 22.9 Å². The first-order valence-corrected chi connectivity index (χ1v) is 8.75. The third-order valence-electron chi connectivity index (χ3n) is 4.24. The number of H-pyrrole nitrogens is 1. The van der Waals surface area contributed by atoms with Gasteiger partial charge in [-0.3, -0.25) is 0 Å². The number of hydrogen-bond donors (Lipinski definition) is 1. The molecule has 0 radical (unpaired) electrons. The Bertz CT molecular complexity index is 862. The van der Waals surface area contributed by atoms with E-state index in [-0.39, 0.29) is 5.97 Å². The van der Waals surface area contributed by atoms with Crippen LogP contribution in [0, 0.1) is 0 Å². The quantitative estimate of drug-likeness (QED) is 0.492. The normalized spacial score (nSPS) is 11.2. The van der Waals surface area contributed by atoms with Crippen LogP contribution in [0.3, 0.4) is 0 Å². The molecular weight excluding hydrogens is 310 g/mol. The van der Waals surface area contributed by atoms with Crippen molar-refractivity contribution in [1.29, 1.82) is 0 Å². The van der Waals surface area contributed by atoms with Crippen molar-refractivity contribution in [3.05, 3.63) is 77.5 Å². The molecule has 0 fully saturated rings. The minimum atomic E-state index is -0.306. The van der Waals surface area contributed by atoms with Gasteiger partial charge in [0.15, 0.2) is 0 Å². The van der Waals surface area contributed by atoms with Gasteiger partial charge in [-0.25, -0.2) is 4.79 Å². The molecule has 0 bridgehead atoms. The summed E-state index contributed by atoms with van der Waals surface area (Å²) < 4.78 is 4.92. The molecule has 0 aliphatic carbocycles. The first kappa shape index (κ1) is 17.0. The number of benzene rings is 2. The highest BCUT2D eigenvalue weighted by atomic mass is 16.5. The van der Waals surface area contributed by atoms with Crippen LogP contribution in [0.15, 0.2) is 60.8 Å². The molecule has 25 heavy (non-hydrogen) atoms. The minimum Gasteiger partial charge on any atom is -0.463 e. The van der Waals surface area contributed by atoms with Crippen molar-refractivity contribution in [1.82, 2.24) is 4.98 Å². The van der Waals surface area contributed by atoms with Crippen LogP contribution in [-0.2, 0) is 22.4 Å². The van der Waals surface area contributed by atoms with Gasteiger partial charge in [0, 0.05) is 23.2 Å². The molecule has 0 unspecified atom stereocenters. The van der Waals surface area contributed by atoms with E-state index in [1.54, 1.807) is 13.0 Å². The molecule has 3 nitrogen and oxygen atoms in total. The third-order valence-corrected chi connectivity index (χ3v) is 4.24. The van der Waals surface area contributed by atoms with Gasteiger partial charge in [-0.05, 0) is 61.1 Å². The number of aromatic nitrogens is 1. The van der Waals surface area contributed by atoms with Crippen LogP contribution >= 0.6 is 0 Å². The molecule has 0 amide bonds. The van der Waals surface area contributed by atoms with Crippen LogP contribution in [-0.4, -0.2) is 17.6 Å². The molecule has 3 aromatic rings. The molecule has 128 valence electrons. The average Bonchev–Trinajstić information content (AvgIpc) is 3.04. The van der Waals surface area contributed by atoms with E-state index in [9.17, 15) is 4.79 Å². The largest absolute Gasteiger partial charge is 0.463 e. The first-order valence-electron chi connectivity index (χ1n) is 8.75. The summed E-state index contributed by atoms with van der Waals surface area (Å²) in [5.41, 5.74) is 4.82. The summed E-state index contributed by atoms with van der Waals surface area (Å²) in [5, 5.41) is 1.22. The van der Waals surface area contributed by atoms with Crippen LogP contribution in [0.4, 0.5) is 0 Å². The van der Waals surface area contributed by atoms with Crippen molar-refractivity contribution in [3.63, 3.8) is 0 Å².